The van der Waals surface area contributed by atoms with Gasteiger partial charge in [0, 0.05) is 18.6 Å². The standard InChI is InChI=1S/C12H15ClN2O/c1-8-11(14)6-7-15(8)12(16)9-4-2-3-5-10(9)13/h2-5,8,11H,6-7,14H2,1H3. The van der Waals surface area contributed by atoms with E-state index in [9.17, 15) is 4.79 Å². The van der Waals surface area contributed by atoms with Crippen LogP contribution in [0.2, 0.25) is 5.02 Å². The van der Waals surface area contributed by atoms with Crippen molar-refractivity contribution >= 4 is 17.5 Å². The van der Waals surface area contributed by atoms with Crippen LogP contribution in [0.25, 0.3) is 0 Å². The van der Waals surface area contributed by atoms with E-state index in [0.29, 0.717) is 17.1 Å². The Bertz CT molecular complexity index is 408. The van der Waals surface area contributed by atoms with Crippen LogP contribution in [0.15, 0.2) is 24.3 Å². The molecule has 0 radical (unpaired) electrons. The number of hydrogen-bond donors (Lipinski definition) is 1. The molecule has 0 saturated carbocycles. The fraction of sp³-hybridized carbons (Fsp3) is 0.417. The minimum absolute atomic E-state index is 0.0222. The van der Waals surface area contributed by atoms with Crippen LogP contribution in [0, 0.1) is 0 Å². The molecule has 0 bridgehead atoms. The number of benzene rings is 1. The van der Waals surface area contributed by atoms with E-state index in [0.717, 1.165) is 6.42 Å². The highest BCUT2D eigenvalue weighted by Gasteiger charge is 2.32. The first-order valence-corrected chi connectivity index (χ1v) is 5.80. The maximum atomic E-state index is 12.2. The van der Waals surface area contributed by atoms with Crippen molar-refractivity contribution in [3.05, 3.63) is 34.9 Å². The Morgan fingerprint density at radius 2 is 2.19 bits per heavy atom. The van der Waals surface area contributed by atoms with Gasteiger partial charge >= 0.3 is 0 Å². The summed E-state index contributed by atoms with van der Waals surface area (Å²) >= 11 is 6.00. The normalized spacial score (nSPS) is 24.8. The fourth-order valence-electron chi connectivity index (χ4n) is 2.04. The quantitative estimate of drug-likeness (QED) is 0.812. The van der Waals surface area contributed by atoms with Crippen LogP contribution >= 0.6 is 11.6 Å². The molecular formula is C12H15ClN2O. The van der Waals surface area contributed by atoms with E-state index in [-0.39, 0.29) is 18.0 Å². The lowest BCUT2D eigenvalue weighted by Gasteiger charge is -2.23. The van der Waals surface area contributed by atoms with Crippen molar-refractivity contribution in [2.45, 2.75) is 25.4 Å². The molecule has 4 heteroatoms. The molecule has 1 aliphatic rings. The van der Waals surface area contributed by atoms with Gasteiger partial charge in [0.05, 0.1) is 10.6 Å². The van der Waals surface area contributed by atoms with Gasteiger partial charge in [0.25, 0.3) is 5.91 Å². The smallest absolute Gasteiger partial charge is 0.255 e. The number of carbonyl (C=O) groups is 1. The molecule has 2 atom stereocenters. The van der Waals surface area contributed by atoms with E-state index in [1.54, 1.807) is 17.0 Å². The summed E-state index contributed by atoms with van der Waals surface area (Å²) in [5.41, 5.74) is 6.46. The van der Waals surface area contributed by atoms with Crippen molar-refractivity contribution in [3.8, 4) is 0 Å². The minimum atomic E-state index is -0.0222. The molecule has 2 N–H and O–H groups in total. The van der Waals surface area contributed by atoms with Crippen molar-refractivity contribution < 1.29 is 4.79 Å². The molecule has 16 heavy (non-hydrogen) atoms. The zero-order valence-electron chi connectivity index (χ0n) is 9.19. The minimum Gasteiger partial charge on any atom is -0.334 e. The van der Waals surface area contributed by atoms with Crippen molar-refractivity contribution in [1.82, 2.24) is 4.90 Å². The summed E-state index contributed by atoms with van der Waals surface area (Å²) in [6.45, 7) is 2.69. The predicted molar refractivity (Wildman–Crippen MR) is 64.5 cm³/mol. The molecule has 1 aliphatic heterocycles. The van der Waals surface area contributed by atoms with E-state index in [4.69, 9.17) is 17.3 Å². The van der Waals surface area contributed by atoms with Gasteiger partial charge in [-0.2, -0.15) is 0 Å². The molecule has 0 aliphatic carbocycles. The molecule has 0 aromatic heterocycles. The van der Waals surface area contributed by atoms with Gasteiger partial charge in [-0.05, 0) is 25.5 Å². The number of hydrogen-bond acceptors (Lipinski definition) is 2. The second kappa shape index (κ2) is 4.44. The highest BCUT2D eigenvalue weighted by molar-refractivity contribution is 6.33. The van der Waals surface area contributed by atoms with E-state index >= 15 is 0 Å². The Hall–Kier alpha value is -1.06. The molecule has 1 aromatic rings. The SMILES string of the molecule is CC1C(N)CCN1C(=O)c1ccccc1Cl. The molecular weight excluding hydrogens is 224 g/mol. The maximum absolute atomic E-state index is 12.2. The molecule has 2 unspecified atom stereocenters. The fourth-order valence-corrected chi connectivity index (χ4v) is 2.26. The van der Waals surface area contributed by atoms with Crippen LogP contribution in [0.5, 0.6) is 0 Å². The van der Waals surface area contributed by atoms with Gasteiger partial charge in [-0.15, -0.1) is 0 Å². The third kappa shape index (κ3) is 1.93. The van der Waals surface area contributed by atoms with Crippen LogP contribution < -0.4 is 5.73 Å². The highest BCUT2D eigenvalue weighted by Crippen LogP contribution is 2.22. The third-order valence-corrected chi connectivity index (χ3v) is 3.51. The number of nitrogens with zero attached hydrogens (tertiary/aromatic N) is 1. The van der Waals surface area contributed by atoms with Gasteiger partial charge in [-0.1, -0.05) is 23.7 Å². The molecule has 1 aromatic carbocycles. The van der Waals surface area contributed by atoms with Crippen LogP contribution in [-0.2, 0) is 0 Å². The summed E-state index contributed by atoms with van der Waals surface area (Å²) in [4.78, 5) is 14.0. The largest absolute Gasteiger partial charge is 0.334 e. The summed E-state index contributed by atoms with van der Waals surface area (Å²) in [6, 6.07) is 7.28. The molecule has 3 nitrogen and oxygen atoms in total. The number of halogens is 1. The molecule has 1 saturated heterocycles. The zero-order chi connectivity index (χ0) is 11.7. The molecule has 1 heterocycles. The summed E-state index contributed by atoms with van der Waals surface area (Å²) < 4.78 is 0. The lowest BCUT2D eigenvalue weighted by molar-refractivity contribution is 0.0743. The molecule has 2 rings (SSSR count). The van der Waals surface area contributed by atoms with Crippen molar-refractivity contribution in [2.75, 3.05) is 6.54 Å². The second-order valence-corrected chi connectivity index (χ2v) is 4.58. The highest BCUT2D eigenvalue weighted by atomic mass is 35.5. The topological polar surface area (TPSA) is 46.3 Å². The second-order valence-electron chi connectivity index (χ2n) is 4.17. The van der Waals surface area contributed by atoms with Crippen molar-refractivity contribution in [2.24, 2.45) is 5.73 Å². The van der Waals surface area contributed by atoms with Crippen LogP contribution in [0.4, 0.5) is 0 Å². The number of rotatable bonds is 1. The van der Waals surface area contributed by atoms with E-state index in [1.807, 2.05) is 19.1 Å². The Kier molecular flexibility index (Phi) is 3.17. The number of nitrogens with two attached hydrogens (primary N) is 1. The van der Waals surface area contributed by atoms with Gasteiger partial charge in [0.15, 0.2) is 0 Å². The first kappa shape index (κ1) is 11.4. The Morgan fingerprint density at radius 3 is 2.75 bits per heavy atom. The van der Waals surface area contributed by atoms with Crippen molar-refractivity contribution in [1.29, 1.82) is 0 Å². The zero-order valence-corrected chi connectivity index (χ0v) is 9.95. The molecule has 1 amide bonds. The summed E-state index contributed by atoms with van der Waals surface area (Å²) in [5.74, 6) is -0.0222. The summed E-state index contributed by atoms with van der Waals surface area (Å²) in [6.07, 6.45) is 0.858. The summed E-state index contributed by atoms with van der Waals surface area (Å²) in [5, 5.41) is 0.500. The van der Waals surface area contributed by atoms with Crippen LogP contribution in [0.1, 0.15) is 23.7 Å². The average molecular weight is 239 g/mol. The number of likely N-dealkylation sites (tertiary alicyclic amines) is 1. The number of carbonyl (C=O) groups excluding carboxylic acids is 1. The van der Waals surface area contributed by atoms with Gasteiger partial charge in [-0.25, -0.2) is 0 Å². The first-order chi connectivity index (χ1) is 7.61. The lowest BCUT2D eigenvalue weighted by atomic mass is 10.1. The monoisotopic (exact) mass is 238 g/mol. The number of amides is 1. The molecule has 0 spiro atoms. The van der Waals surface area contributed by atoms with Gasteiger partial charge in [0.2, 0.25) is 0 Å². The molecule has 86 valence electrons. The van der Waals surface area contributed by atoms with Gasteiger partial charge in [-0.3, -0.25) is 4.79 Å². The maximum Gasteiger partial charge on any atom is 0.255 e. The first-order valence-electron chi connectivity index (χ1n) is 5.42. The van der Waals surface area contributed by atoms with Crippen LogP contribution in [-0.4, -0.2) is 29.4 Å². The lowest BCUT2D eigenvalue weighted by Crippen LogP contribution is -2.40. The van der Waals surface area contributed by atoms with Crippen molar-refractivity contribution in [3.63, 3.8) is 0 Å². The van der Waals surface area contributed by atoms with Gasteiger partial charge < -0.3 is 10.6 Å². The predicted octanol–water partition coefficient (Wildman–Crippen LogP) is 1.90. The van der Waals surface area contributed by atoms with E-state index < -0.39 is 0 Å². The Balaban J connectivity index is 2.23. The van der Waals surface area contributed by atoms with E-state index in [2.05, 4.69) is 0 Å². The van der Waals surface area contributed by atoms with Crippen LogP contribution in [0.3, 0.4) is 0 Å². The summed E-state index contributed by atoms with van der Waals surface area (Å²) in [7, 11) is 0. The Labute approximate surface area is 100 Å². The van der Waals surface area contributed by atoms with Gasteiger partial charge in [0.1, 0.15) is 0 Å². The molecule has 1 fully saturated rings. The third-order valence-electron chi connectivity index (χ3n) is 3.18. The Morgan fingerprint density at radius 1 is 1.50 bits per heavy atom. The van der Waals surface area contributed by atoms with E-state index in [1.165, 1.54) is 0 Å². The average Bonchev–Trinajstić information content (AvgIpc) is 2.60.